The highest BCUT2D eigenvalue weighted by Crippen LogP contribution is 2.22. The number of amides is 1. The lowest BCUT2D eigenvalue weighted by molar-refractivity contribution is 0.0933. The van der Waals surface area contributed by atoms with Crippen molar-refractivity contribution in [1.82, 2.24) is 5.32 Å². The second kappa shape index (κ2) is 8.61. The Balaban J connectivity index is 1.35. The van der Waals surface area contributed by atoms with E-state index in [1.807, 2.05) is 60.7 Å². The molecule has 3 aromatic carbocycles. The van der Waals surface area contributed by atoms with Crippen molar-refractivity contribution in [2.75, 3.05) is 18.0 Å². The largest absolute Gasteiger partial charge is 0.457 e. The van der Waals surface area contributed by atoms with Crippen LogP contribution in [0.3, 0.4) is 0 Å². The molecule has 1 N–H and O–H groups in total. The topological polar surface area (TPSA) is 41.6 Å². The summed E-state index contributed by atoms with van der Waals surface area (Å²) in [5.41, 5.74) is 1.86. The Morgan fingerprint density at radius 2 is 1.50 bits per heavy atom. The quantitative estimate of drug-likeness (QED) is 0.694. The van der Waals surface area contributed by atoms with Crippen LogP contribution in [0.2, 0.25) is 0 Å². The fraction of sp³-hybridized carbons (Fsp3) is 0.208. The van der Waals surface area contributed by atoms with Crippen LogP contribution in [0.1, 0.15) is 23.2 Å². The molecule has 1 amide bonds. The number of rotatable bonds is 5. The highest BCUT2D eigenvalue weighted by Gasteiger charge is 2.22. The highest BCUT2D eigenvalue weighted by atomic mass is 16.5. The Labute approximate surface area is 165 Å². The molecule has 1 heterocycles. The van der Waals surface area contributed by atoms with Gasteiger partial charge >= 0.3 is 0 Å². The molecular formula is C24H24N2O2. The van der Waals surface area contributed by atoms with Gasteiger partial charge in [-0.05, 0) is 61.4 Å². The van der Waals surface area contributed by atoms with E-state index in [0.29, 0.717) is 5.56 Å². The summed E-state index contributed by atoms with van der Waals surface area (Å²) in [6.07, 6.45) is 2.08. The molecule has 4 nitrogen and oxygen atoms in total. The molecule has 1 aliphatic rings. The molecule has 4 rings (SSSR count). The normalized spacial score (nSPS) is 16.4. The van der Waals surface area contributed by atoms with Gasteiger partial charge in [0.15, 0.2) is 0 Å². The molecule has 1 unspecified atom stereocenters. The number of hydrogen-bond donors (Lipinski definition) is 1. The van der Waals surface area contributed by atoms with Gasteiger partial charge < -0.3 is 15.0 Å². The Morgan fingerprint density at radius 1 is 0.857 bits per heavy atom. The van der Waals surface area contributed by atoms with E-state index in [2.05, 4.69) is 34.5 Å². The zero-order valence-corrected chi connectivity index (χ0v) is 15.8. The molecule has 1 saturated heterocycles. The van der Waals surface area contributed by atoms with E-state index in [0.717, 1.165) is 37.4 Å². The van der Waals surface area contributed by atoms with E-state index in [-0.39, 0.29) is 11.9 Å². The molecule has 4 heteroatoms. The number of carbonyl (C=O) groups is 1. The maximum absolute atomic E-state index is 12.7. The first-order chi connectivity index (χ1) is 13.8. The average molecular weight is 372 g/mol. The fourth-order valence-corrected chi connectivity index (χ4v) is 3.54. The number of carbonyl (C=O) groups excluding carboxylic acids is 1. The zero-order valence-electron chi connectivity index (χ0n) is 15.8. The van der Waals surface area contributed by atoms with Crippen molar-refractivity contribution in [3.63, 3.8) is 0 Å². The molecule has 0 saturated carbocycles. The van der Waals surface area contributed by atoms with E-state index in [4.69, 9.17) is 4.74 Å². The minimum Gasteiger partial charge on any atom is -0.457 e. The first kappa shape index (κ1) is 18.1. The van der Waals surface area contributed by atoms with Gasteiger partial charge in [-0.1, -0.05) is 36.4 Å². The third-order valence-corrected chi connectivity index (χ3v) is 4.97. The molecule has 0 radical (unpaired) electrons. The van der Waals surface area contributed by atoms with E-state index in [1.165, 1.54) is 5.69 Å². The average Bonchev–Trinajstić information content (AvgIpc) is 2.76. The van der Waals surface area contributed by atoms with E-state index in [1.54, 1.807) is 0 Å². The van der Waals surface area contributed by atoms with Crippen LogP contribution < -0.4 is 15.0 Å². The molecule has 0 aliphatic carbocycles. The lowest BCUT2D eigenvalue weighted by Crippen LogP contribution is -2.47. The second-order valence-electron chi connectivity index (χ2n) is 7.03. The Hall–Kier alpha value is -3.27. The third kappa shape index (κ3) is 4.52. The number of nitrogens with zero attached hydrogens (tertiary/aromatic N) is 1. The minimum absolute atomic E-state index is 0.0360. The fourth-order valence-electron chi connectivity index (χ4n) is 3.54. The van der Waals surface area contributed by atoms with Gasteiger partial charge in [0.05, 0.1) is 0 Å². The molecular weight excluding hydrogens is 348 g/mol. The summed E-state index contributed by atoms with van der Waals surface area (Å²) in [5, 5.41) is 3.18. The van der Waals surface area contributed by atoms with Crippen LogP contribution in [0.4, 0.5) is 5.69 Å². The van der Waals surface area contributed by atoms with Crippen molar-refractivity contribution in [1.29, 1.82) is 0 Å². The molecule has 0 bridgehead atoms. The number of nitrogens with one attached hydrogen (secondary N) is 1. The van der Waals surface area contributed by atoms with Gasteiger partial charge in [-0.15, -0.1) is 0 Å². The molecule has 1 atom stereocenters. The number of hydrogen-bond acceptors (Lipinski definition) is 3. The first-order valence-electron chi connectivity index (χ1n) is 9.72. The summed E-state index contributed by atoms with van der Waals surface area (Å²) in [6.45, 7) is 1.87. The lowest BCUT2D eigenvalue weighted by Gasteiger charge is -2.34. The maximum atomic E-state index is 12.7. The Bertz CT molecular complexity index is 895. The van der Waals surface area contributed by atoms with Gasteiger partial charge in [0.25, 0.3) is 5.91 Å². The van der Waals surface area contributed by atoms with Crippen LogP contribution in [0.25, 0.3) is 0 Å². The minimum atomic E-state index is -0.0360. The van der Waals surface area contributed by atoms with Gasteiger partial charge in [0.2, 0.25) is 0 Å². The van der Waals surface area contributed by atoms with Gasteiger partial charge in [-0.25, -0.2) is 0 Å². The molecule has 1 fully saturated rings. The summed E-state index contributed by atoms with van der Waals surface area (Å²) in [6, 6.07) is 27.4. The summed E-state index contributed by atoms with van der Waals surface area (Å²) >= 11 is 0. The second-order valence-corrected chi connectivity index (χ2v) is 7.03. The predicted molar refractivity (Wildman–Crippen MR) is 112 cm³/mol. The number of para-hydroxylation sites is 2. The van der Waals surface area contributed by atoms with Crippen molar-refractivity contribution >= 4 is 11.6 Å². The van der Waals surface area contributed by atoms with Crippen LogP contribution in [-0.2, 0) is 0 Å². The van der Waals surface area contributed by atoms with Crippen molar-refractivity contribution in [3.8, 4) is 11.5 Å². The molecule has 28 heavy (non-hydrogen) atoms. The van der Waals surface area contributed by atoms with Crippen molar-refractivity contribution in [2.45, 2.75) is 18.9 Å². The summed E-state index contributed by atoms with van der Waals surface area (Å²) < 4.78 is 5.79. The van der Waals surface area contributed by atoms with Crippen molar-refractivity contribution in [3.05, 3.63) is 90.5 Å². The molecule has 0 aromatic heterocycles. The van der Waals surface area contributed by atoms with E-state index in [9.17, 15) is 4.79 Å². The van der Waals surface area contributed by atoms with Crippen LogP contribution in [0.15, 0.2) is 84.9 Å². The Morgan fingerprint density at radius 3 is 2.21 bits per heavy atom. The lowest BCUT2D eigenvalue weighted by atomic mass is 10.0. The maximum Gasteiger partial charge on any atom is 0.251 e. The monoisotopic (exact) mass is 372 g/mol. The van der Waals surface area contributed by atoms with Crippen molar-refractivity contribution in [2.24, 2.45) is 0 Å². The van der Waals surface area contributed by atoms with E-state index >= 15 is 0 Å². The zero-order chi connectivity index (χ0) is 19.2. The standard InChI is InChI=1S/C24H24N2O2/c27-24(19-13-15-23(16-14-19)28-22-11-5-2-6-12-22)25-20-8-7-17-26(18-20)21-9-3-1-4-10-21/h1-6,9-16,20H,7-8,17-18H2,(H,25,27). The third-order valence-electron chi connectivity index (χ3n) is 4.97. The Kier molecular flexibility index (Phi) is 5.57. The number of anilines is 1. The predicted octanol–water partition coefficient (Wildman–Crippen LogP) is 4.88. The summed E-state index contributed by atoms with van der Waals surface area (Å²) in [7, 11) is 0. The van der Waals surface area contributed by atoms with Gasteiger partial charge in [0, 0.05) is 30.4 Å². The van der Waals surface area contributed by atoms with Crippen molar-refractivity contribution < 1.29 is 9.53 Å². The van der Waals surface area contributed by atoms with Crippen LogP contribution in [-0.4, -0.2) is 25.0 Å². The summed E-state index contributed by atoms with van der Waals surface area (Å²) in [4.78, 5) is 15.0. The highest BCUT2D eigenvalue weighted by molar-refractivity contribution is 5.94. The van der Waals surface area contributed by atoms with Gasteiger partial charge in [-0.3, -0.25) is 4.79 Å². The van der Waals surface area contributed by atoms with Crippen LogP contribution >= 0.6 is 0 Å². The van der Waals surface area contributed by atoms with Gasteiger partial charge in [0.1, 0.15) is 11.5 Å². The SMILES string of the molecule is O=C(NC1CCCN(c2ccccc2)C1)c1ccc(Oc2ccccc2)cc1. The smallest absolute Gasteiger partial charge is 0.251 e. The number of ether oxygens (including phenoxy) is 1. The molecule has 3 aromatic rings. The number of benzene rings is 3. The van der Waals surface area contributed by atoms with Crippen LogP contribution in [0.5, 0.6) is 11.5 Å². The van der Waals surface area contributed by atoms with E-state index < -0.39 is 0 Å². The van der Waals surface area contributed by atoms with Crippen LogP contribution in [0, 0.1) is 0 Å². The molecule has 0 spiro atoms. The first-order valence-corrected chi connectivity index (χ1v) is 9.72. The molecule has 142 valence electrons. The summed E-state index contributed by atoms with van der Waals surface area (Å²) in [5.74, 6) is 1.46. The van der Waals surface area contributed by atoms with Gasteiger partial charge in [-0.2, -0.15) is 0 Å². The molecule has 1 aliphatic heterocycles. The number of piperidine rings is 1.